The van der Waals surface area contributed by atoms with Crippen LogP contribution in [0.15, 0.2) is 10.9 Å². The van der Waals surface area contributed by atoms with E-state index < -0.39 is 22.9 Å². The van der Waals surface area contributed by atoms with Crippen molar-refractivity contribution in [3.05, 3.63) is 22.1 Å². The molecule has 1 amide bonds. The van der Waals surface area contributed by atoms with Crippen LogP contribution in [0.3, 0.4) is 0 Å². The predicted molar refractivity (Wildman–Crippen MR) is 62.4 cm³/mol. The molecule has 0 saturated carbocycles. The van der Waals surface area contributed by atoms with Crippen LogP contribution in [0, 0.1) is 6.92 Å². The molecule has 0 aliphatic heterocycles. The molecule has 1 aromatic heterocycles. The van der Waals surface area contributed by atoms with Gasteiger partial charge in [-0.05, 0) is 27.7 Å². The molecule has 0 bridgehead atoms. The fraction of sp³-hybridized carbons (Fsp3) is 0.455. The zero-order valence-corrected chi connectivity index (χ0v) is 10.2. The average Bonchev–Trinajstić information content (AvgIpc) is 2.08. The monoisotopic (exact) mass is 240 g/mol. The third-order valence-corrected chi connectivity index (χ3v) is 1.77. The van der Waals surface area contributed by atoms with Gasteiger partial charge in [0.25, 0.3) is 5.56 Å². The van der Waals surface area contributed by atoms with Gasteiger partial charge in [-0.2, -0.15) is 0 Å². The summed E-state index contributed by atoms with van der Waals surface area (Å²) in [5, 5.41) is 12.0. The Balaban J connectivity index is 2.90. The molecule has 0 radical (unpaired) electrons. The van der Waals surface area contributed by atoms with Crippen LogP contribution in [-0.2, 0) is 0 Å². The first-order chi connectivity index (χ1) is 7.69. The maximum Gasteiger partial charge on any atom is 0.413 e. The van der Waals surface area contributed by atoms with Crippen molar-refractivity contribution >= 4 is 6.09 Å². The fourth-order valence-corrected chi connectivity index (χ4v) is 1.18. The summed E-state index contributed by atoms with van der Waals surface area (Å²) in [6.45, 7) is 6.93. The van der Waals surface area contributed by atoms with Gasteiger partial charge in [0.05, 0.1) is 0 Å². The molecule has 3 N–H and O–H groups in total. The second-order valence-corrected chi connectivity index (χ2v) is 4.76. The minimum absolute atomic E-state index is 0.365. The van der Waals surface area contributed by atoms with Gasteiger partial charge in [-0.25, -0.2) is 4.79 Å². The van der Waals surface area contributed by atoms with Crippen LogP contribution in [0.25, 0.3) is 0 Å². The van der Waals surface area contributed by atoms with E-state index in [1.165, 1.54) is 6.07 Å². The smallest absolute Gasteiger partial charge is 0.413 e. The lowest BCUT2D eigenvalue weighted by Gasteiger charge is -2.19. The van der Waals surface area contributed by atoms with E-state index in [0.717, 1.165) is 0 Å². The van der Waals surface area contributed by atoms with Crippen molar-refractivity contribution in [2.75, 3.05) is 0 Å². The summed E-state index contributed by atoms with van der Waals surface area (Å²) in [5.41, 5.74) is -0.646. The molecule has 6 nitrogen and oxygen atoms in total. The quantitative estimate of drug-likeness (QED) is 0.689. The molecule has 0 atom stereocenters. The van der Waals surface area contributed by atoms with E-state index in [2.05, 4.69) is 10.3 Å². The molecule has 0 saturated heterocycles. The number of aromatic hydroxyl groups is 1. The van der Waals surface area contributed by atoms with Crippen LogP contribution in [0.2, 0.25) is 0 Å². The summed E-state index contributed by atoms with van der Waals surface area (Å²) in [5.74, 6) is -0.771. The number of aromatic amines is 1. The lowest BCUT2D eigenvalue weighted by Crippen LogP contribution is -2.42. The highest BCUT2D eigenvalue weighted by Crippen LogP contribution is 2.20. The van der Waals surface area contributed by atoms with Crippen molar-refractivity contribution in [1.82, 2.24) is 10.3 Å². The Bertz CT molecular complexity index is 485. The van der Waals surface area contributed by atoms with Gasteiger partial charge in [0.15, 0.2) is 5.75 Å². The summed E-state index contributed by atoms with van der Waals surface area (Å²) >= 11 is 0. The molecule has 1 rings (SSSR count). The van der Waals surface area contributed by atoms with Gasteiger partial charge < -0.3 is 20.1 Å². The van der Waals surface area contributed by atoms with E-state index in [9.17, 15) is 14.7 Å². The molecule has 0 aliphatic rings. The van der Waals surface area contributed by atoms with Crippen molar-refractivity contribution in [3.8, 4) is 11.5 Å². The van der Waals surface area contributed by atoms with Gasteiger partial charge in [-0.15, -0.1) is 0 Å². The molecule has 1 aromatic rings. The number of aromatic nitrogens is 1. The molecular formula is C11H16N2O4. The van der Waals surface area contributed by atoms with Crippen LogP contribution >= 0.6 is 0 Å². The Morgan fingerprint density at radius 3 is 2.53 bits per heavy atom. The first kappa shape index (κ1) is 13.1. The van der Waals surface area contributed by atoms with Gasteiger partial charge in [0.2, 0.25) is 5.75 Å². The summed E-state index contributed by atoms with van der Waals surface area (Å²) in [4.78, 5) is 25.3. The third-order valence-electron chi connectivity index (χ3n) is 1.77. The molecule has 0 aliphatic carbocycles. The lowest BCUT2D eigenvalue weighted by atomic mass is 10.1. The summed E-state index contributed by atoms with van der Waals surface area (Å²) in [6, 6.07) is 1.31. The molecule has 0 fully saturated rings. The molecule has 17 heavy (non-hydrogen) atoms. The SMILES string of the molecule is Cc1cc(O)c(OC(=O)NC(C)(C)C)c(=O)[nH]1. The Morgan fingerprint density at radius 2 is 2.06 bits per heavy atom. The summed E-state index contributed by atoms with van der Waals surface area (Å²) in [7, 11) is 0. The van der Waals surface area contributed by atoms with Crippen LogP contribution in [0.1, 0.15) is 26.5 Å². The number of pyridine rings is 1. The van der Waals surface area contributed by atoms with Crippen molar-refractivity contribution < 1.29 is 14.6 Å². The highest BCUT2D eigenvalue weighted by molar-refractivity contribution is 5.71. The number of rotatable bonds is 1. The first-order valence-corrected chi connectivity index (χ1v) is 5.12. The molecule has 6 heteroatoms. The molecular weight excluding hydrogens is 224 g/mol. The number of carbonyl (C=O) groups excluding carboxylic acids is 1. The number of hydrogen-bond donors (Lipinski definition) is 3. The molecule has 0 aromatic carbocycles. The second kappa shape index (κ2) is 4.48. The highest BCUT2D eigenvalue weighted by Gasteiger charge is 2.18. The van der Waals surface area contributed by atoms with Gasteiger partial charge in [0, 0.05) is 17.3 Å². The van der Waals surface area contributed by atoms with Crippen molar-refractivity contribution in [2.24, 2.45) is 0 Å². The van der Waals surface area contributed by atoms with Gasteiger partial charge in [0.1, 0.15) is 0 Å². The van der Waals surface area contributed by atoms with E-state index >= 15 is 0 Å². The van der Waals surface area contributed by atoms with Crippen molar-refractivity contribution in [3.63, 3.8) is 0 Å². The van der Waals surface area contributed by atoms with Crippen LogP contribution in [-0.4, -0.2) is 21.7 Å². The normalized spacial score (nSPS) is 11.1. The maximum atomic E-state index is 11.4. The number of nitrogens with one attached hydrogen (secondary N) is 2. The minimum atomic E-state index is -0.790. The predicted octanol–water partition coefficient (Wildman–Crippen LogP) is 1.28. The molecule has 0 unspecified atom stereocenters. The first-order valence-electron chi connectivity index (χ1n) is 5.12. The van der Waals surface area contributed by atoms with Crippen LogP contribution < -0.4 is 15.6 Å². The Hall–Kier alpha value is -1.98. The number of ether oxygens (including phenoxy) is 1. The van der Waals surface area contributed by atoms with Crippen molar-refractivity contribution in [2.45, 2.75) is 33.2 Å². The van der Waals surface area contributed by atoms with E-state index in [-0.39, 0.29) is 5.75 Å². The zero-order chi connectivity index (χ0) is 13.2. The Morgan fingerprint density at radius 1 is 1.47 bits per heavy atom. The minimum Gasteiger partial charge on any atom is -0.504 e. The van der Waals surface area contributed by atoms with E-state index in [0.29, 0.717) is 5.69 Å². The highest BCUT2D eigenvalue weighted by atomic mass is 16.6. The summed E-state index contributed by atoms with van der Waals surface area (Å²) in [6.07, 6.45) is -0.790. The standard InChI is InChI=1S/C11H16N2O4/c1-6-5-7(14)8(9(15)12-6)17-10(16)13-11(2,3)4/h5H,1-4H3,(H,13,16)(H2,12,14,15). The van der Waals surface area contributed by atoms with Crippen molar-refractivity contribution in [1.29, 1.82) is 0 Å². The molecule has 1 heterocycles. The van der Waals surface area contributed by atoms with E-state index in [1.54, 1.807) is 27.7 Å². The third kappa shape index (κ3) is 3.82. The molecule has 0 spiro atoms. The zero-order valence-electron chi connectivity index (χ0n) is 10.2. The Kier molecular flexibility index (Phi) is 3.45. The largest absolute Gasteiger partial charge is 0.504 e. The average molecular weight is 240 g/mol. The maximum absolute atomic E-state index is 11.4. The summed E-state index contributed by atoms with van der Waals surface area (Å²) < 4.78 is 4.76. The lowest BCUT2D eigenvalue weighted by molar-refractivity contribution is 0.188. The van der Waals surface area contributed by atoms with Gasteiger partial charge >= 0.3 is 6.09 Å². The fourth-order valence-electron chi connectivity index (χ4n) is 1.18. The number of carbonyl (C=O) groups is 1. The van der Waals surface area contributed by atoms with Crippen LogP contribution in [0.4, 0.5) is 4.79 Å². The Labute approximate surface area is 98.6 Å². The number of amides is 1. The van der Waals surface area contributed by atoms with Gasteiger partial charge in [-0.3, -0.25) is 4.79 Å². The number of aryl methyl sites for hydroxylation is 1. The second-order valence-electron chi connectivity index (χ2n) is 4.76. The van der Waals surface area contributed by atoms with Gasteiger partial charge in [-0.1, -0.05) is 0 Å². The van der Waals surface area contributed by atoms with E-state index in [4.69, 9.17) is 4.74 Å². The number of hydrogen-bond acceptors (Lipinski definition) is 4. The molecule has 94 valence electrons. The number of H-pyrrole nitrogens is 1. The van der Waals surface area contributed by atoms with E-state index in [1.807, 2.05) is 0 Å². The van der Waals surface area contributed by atoms with Crippen LogP contribution in [0.5, 0.6) is 11.5 Å². The topological polar surface area (TPSA) is 91.4 Å².